The van der Waals surface area contributed by atoms with E-state index in [0.717, 1.165) is 122 Å². The predicted octanol–water partition coefficient (Wildman–Crippen LogP) is 11.6. The molecule has 0 spiro atoms. The summed E-state index contributed by atoms with van der Waals surface area (Å²) in [6, 6.07) is 32.3. The van der Waals surface area contributed by atoms with Crippen molar-refractivity contribution in [3.05, 3.63) is 142 Å². The number of hydrogen-bond donors (Lipinski definition) is 0. The molecule has 0 fully saturated rings. The standard InChI is InChI=1S/C54H78N2O8S2/c1-65(57,58)55-39-47-19-27-51(28-20-47)43-61-35-15-11-7-3-5-9-13-17-37-63-45-53-31-23-49(24-32-53)41-56(66(2,59)60)42-50-25-33-54(34-26-50)46-64-38-18-14-10-6-4-8-12-16-36-62-44-52-29-21-48(40-55)22-30-52/h19-34H,3-18,35-46H2,1-2H3. The molecule has 0 saturated heterocycles. The van der Waals surface area contributed by atoms with Crippen LogP contribution in [0.3, 0.4) is 0 Å². The second kappa shape index (κ2) is 30.1. The Morgan fingerprint density at radius 1 is 0.288 bits per heavy atom. The highest BCUT2D eigenvalue weighted by molar-refractivity contribution is 7.88. The quantitative estimate of drug-likeness (QED) is 0.195. The highest BCUT2D eigenvalue weighted by Gasteiger charge is 2.19. The fourth-order valence-corrected chi connectivity index (χ4v) is 9.59. The van der Waals surface area contributed by atoms with Crippen molar-refractivity contribution in [3.8, 4) is 0 Å². The van der Waals surface area contributed by atoms with Gasteiger partial charge in [0, 0.05) is 52.6 Å². The van der Waals surface area contributed by atoms with Crippen molar-refractivity contribution < 1.29 is 35.8 Å². The summed E-state index contributed by atoms with van der Waals surface area (Å²) in [6.45, 7) is 6.41. The Hall–Kier alpha value is -3.46. The molecule has 0 amide bonds. The van der Waals surface area contributed by atoms with E-state index < -0.39 is 20.0 Å². The van der Waals surface area contributed by atoms with Crippen molar-refractivity contribution in [2.24, 2.45) is 0 Å². The molecule has 0 aromatic heterocycles. The molecule has 7 aliphatic rings. The van der Waals surface area contributed by atoms with Crippen LogP contribution in [0.25, 0.3) is 0 Å². The lowest BCUT2D eigenvalue weighted by atomic mass is 10.1. The monoisotopic (exact) mass is 947 g/mol. The largest absolute Gasteiger partial charge is 0.377 e. The minimum atomic E-state index is -3.41. The molecule has 12 heteroatoms. The number of rotatable bonds is 2. The van der Waals surface area contributed by atoms with E-state index in [-0.39, 0.29) is 0 Å². The van der Waals surface area contributed by atoms with Gasteiger partial charge in [-0.05, 0) is 70.2 Å². The molecule has 7 aliphatic heterocycles. The van der Waals surface area contributed by atoms with E-state index in [0.29, 0.717) is 52.6 Å². The minimum absolute atomic E-state index is 0.316. The van der Waals surface area contributed by atoms with Gasteiger partial charge >= 0.3 is 0 Å². The molecule has 0 saturated carbocycles. The second-order valence-corrected chi connectivity index (χ2v) is 22.2. The van der Waals surface area contributed by atoms with Crippen LogP contribution in [0.5, 0.6) is 0 Å². The second-order valence-electron chi connectivity index (χ2n) is 18.2. The zero-order chi connectivity index (χ0) is 46.7. The highest BCUT2D eigenvalue weighted by atomic mass is 32.2. The lowest BCUT2D eigenvalue weighted by Gasteiger charge is -2.20. The van der Waals surface area contributed by atoms with E-state index in [4.69, 9.17) is 18.9 Å². The van der Waals surface area contributed by atoms with Crippen LogP contribution in [0.1, 0.15) is 147 Å². The Balaban J connectivity index is 1.05. The van der Waals surface area contributed by atoms with E-state index in [1.54, 1.807) is 0 Å². The summed E-state index contributed by atoms with van der Waals surface area (Å²) in [5, 5.41) is 0. The van der Waals surface area contributed by atoms with Gasteiger partial charge in [0.2, 0.25) is 20.0 Å². The van der Waals surface area contributed by atoms with Gasteiger partial charge < -0.3 is 18.9 Å². The number of benzene rings is 4. The lowest BCUT2D eigenvalue weighted by molar-refractivity contribution is 0.116. The summed E-state index contributed by atoms with van der Waals surface area (Å²) in [5.74, 6) is 0. The van der Waals surface area contributed by atoms with Crippen LogP contribution in [0.4, 0.5) is 0 Å². The zero-order valence-corrected chi connectivity index (χ0v) is 41.6. The molecule has 11 rings (SSSR count). The van der Waals surface area contributed by atoms with E-state index in [2.05, 4.69) is 0 Å². The van der Waals surface area contributed by atoms with Gasteiger partial charge in [-0.3, -0.25) is 0 Å². The first kappa shape index (κ1) is 53.5. The summed E-state index contributed by atoms with van der Waals surface area (Å²) in [7, 11) is -6.83. The fraction of sp³-hybridized carbons (Fsp3) is 0.556. The first-order valence-corrected chi connectivity index (χ1v) is 28.2. The molecule has 8 bridgehead atoms. The Morgan fingerprint density at radius 2 is 0.455 bits per heavy atom. The van der Waals surface area contributed by atoms with Crippen LogP contribution in [-0.2, 0) is 91.6 Å². The van der Waals surface area contributed by atoms with Gasteiger partial charge in [-0.25, -0.2) is 16.8 Å². The van der Waals surface area contributed by atoms with E-state index in [1.807, 2.05) is 97.1 Å². The van der Waals surface area contributed by atoms with Gasteiger partial charge in [-0.1, -0.05) is 174 Å². The van der Waals surface area contributed by atoms with Crippen LogP contribution in [0.2, 0.25) is 0 Å². The maximum Gasteiger partial charge on any atom is 0.211 e. The summed E-state index contributed by atoms with van der Waals surface area (Å²) >= 11 is 0. The third kappa shape index (κ3) is 22.1. The van der Waals surface area contributed by atoms with E-state index in [1.165, 1.54) is 72.5 Å². The Bertz CT molecular complexity index is 1850. The molecule has 7 heterocycles. The van der Waals surface area contributed by atoms with Gasteiger partial charge in [-0.15, -0.1) is 0 Å². The SMILES string of the molecule is CS(=O)(=O)N1Cc2ccc(cc2)COCCCCCCCCCCOCc2ccc(cc2)CN(S(C)(=O)=O)Cc2ccc(cc2)COCCCCCCCCCCOCc2ccc(cc2)C1. The number of ether oxygens (including phenoxy) is 4. The van der Waals surface area contributed by atoms with Crippen molar-refractivity contribution in [1.82, 2.24) is 8.61 Å². The third-order valence-electron chi connectivity index (χ3n) is 12.2. The normalized spacial score (nSPS) is 19.1. The van der Waals surface area contributed by atoms with Crippen LogP contribution in [-0.4, -0.2) is 64.4 Å². The molecule has 10 nitrogen and oxygen atoms in total. The molecule has 4 aromatic carbocycles. The first-order valence-electron chi connectivity index (χ1n) is 24.5. The lowest BCUT2D eigenvalue weighted by Crippen LogP contribution is -2.29. The summed E-state index contributed by atoms with van der Waals surface area (Å²) in [4.78, 5) is 0. The number of sulfonamides is 2. The van der Waals surface area contributed by atoms with Crippen LogP contribution >= 0.6 is 0 Å². The molecule has 0 N–H and O–H groups in total. The fourth-order valence-electron chi connectivity index (χ4n) is 8.06. The first-order chi connectivity index (χ1) is 32.0. The highest BCUT2D eigenvalue weighted by Crippen LogP contribution is 2.19. The van der Waals surface area contributed by atoms with Crippen molar-refractivity contribution in [2.45, 2.75) is 155 Å². The molecular weight excluding hydrogens is 869 g/mol. The minimum Gasteiger partial charge on any atom is -0.377 e. The Kier molecular flexibility index (Phi) is 24.4. The molecule has 0 atom stereocenters. The molecular formula is C54H78N2O8S2. The van der Waals surface area contributed by atoms with Gasteiger partial charge in [0.05, 0.1) is 38.9 Å². The number of nitrogens with zero attached hydrogens (tertiary/aromatic N) is 2. The van der Waals surface area contributed by atoms with Crippen LogP contribution in [0, 0.1) is 0 Å². The topological polar surface area (TPSA) is 112 Å². The summed E-state index contributed by atoms with van der Waals surface area (Å²) in [6.07, 6.45) is 21.2. The molecule has 0 aliphatic carbocycles. The molecule has 364 valence electrons. The van der Waals surface area contributed by atoms with Gasteiger partial charge in [0.15, 0.2) is 0 Å². The van der Waals surface area contributed by atoms with Crippen LogP contribution in [0.15, 0.2) is 97.1 Å². The summed E-state index contributed by atoms with van der Waals surface area (Å²) < 4.78 is 78.0. The number of hydrogen-bond acceptors (Lipinski definition) is 8. The Labute approximate surface area is 398 Å². The molecule has 4 aromatic rings. The maximum atomic E-state index is 12.8. The van der Waals surface area contributed by atoms with E-state index >= 15 is 0 Å². The molecule has 0 unspecified atom stereocenters. The zero-order valence-electron chi connectivity index (χ0n) is 40.0. The van der Waals surface area contributed by atoms with Crippen LogP contribution < -0.4 is 0 Å². The maximum absolute atomic E-state index is 12.8. The average Bonchev–Trinajstić information content (AvgIpc) is 3.30. The predicted molar refractivity (Wildman–Crippen MR) is 266 cm³/mol. The molecule has 66 heavy (non-hydrogen) atoms. The smallest absolute Gasteiger partial charge is 0.211 e. The van der Waals surface area contributed by atoms with Gasteiger partial charge in [-0.2, -0.15) is 8.61 Å². The van der Waals surface area contributed by atoms with Crippen molar-refractivity contribution in [2.75, 3.05) is 38.9 Å². The van der Waals surface area contributed by atoms with Crippen molar-refractivity contribution in [3.63, 3.8) is 0 Å². The van der Waals surface area contributed by atoms with Gasteiger partial charge in [0.1, 0.15) is 0 Å². The van der Waals surface area contributed by atoms with E-state index in [9.17, 15) is 16.8 Å². The molecule has 0 radical (unpaired) electrons. The Morgan fingerprint density at radius 3 is 0.636 bits per heavy atom. The van der Waals surface area contributed by atoms with Crippen molar-refractivity contribution >= 4 is 20.0 Å². The van der Waals surface area contributed by atoms with Gasteiger partial charge in [0.25, 0.3) is 0 Å². The third-order valence-corrected chi connectivity index (χ3v) is 14.6. The summed E-state index contributed by atoms with van der Waals surface area (Å²) in [5.41, 5.74) is 8.14. The van der Waals surface area contributed by atoms with Crippen molar-refractivity contribution in [1.29, 1.82) is 0 Å². The average molecular weight is 947 g/mol.